The summed E-state index contributed by atoms with van der Waals surface area (Å²) in [5.74, 6) is -1.14. The SMILES string of the molecule is CC(C)(C)P(=O)(O)NCC(=O)O. The van der Waals surface area contributed by atoms with Gasteiger partial charge in [0, 0.05) is 0 Å². The largest absolute Gasteiger partial charge is 0.480 e. The molecule has 0 heterocycles. The molecule has 72 valence electrons. The average Bonchev–Trinajstić information content (AvgIpc) is 1.81. The lowest BCUT2D eigenvalue weighted by Crippen LogP contribution is -2.29. The van der Waals surface area contributed by atoms with Crippen molar-refractivity contribution in [1.29, 1.82) is 0 Å². The minimum Gasteiger partial charge on any atom is -0.480 e. The summed E-state index contributed by atoms with van der Waals surface area (Å²) in [4.78, 5) is 19.4. The van der Waals surface area contributed by atoms with Gasteiger partial charge in [0.2, 0.25) is 0 Å². The molecule has 6 heteroatoms. The molecule has 0 aliphatic carbocycles. The van der Waals surface area contributed by atoms with E-state index in [2.05, 4.69) is 5.09 Å². The molecular formula is C6H14NO4P. The summed E-state index contributed by atoms with van der Waals surface area (Å²) in [6.07, 6.45) is 0. The van der Waals surface area contributed by atoms with Gasteiger partial charge >= 0.3 is 5.97 Å². The average molecular weight is 195 g/mol. The zero-order chi connectivity index (χ0) is 9.99. The molecule has 5 nitrogen and oxygen atoms in total. The molecule has 0 saturated carbocycles. The minimum atomic E-state index is -3.56. The maximum atomic E-state index is 11.3. The third-order valence-electron chi connectivity index (χ3n) is 1.35. The van der Waals surface area contributed by atoms with Crippen molar-refractivity contribution in [2.24, 2.45) is 0 Å². The summed E-state index contributed by atoms with van der Waals surface area (Å²) in [5, 5.41) is 9.53. The van der Waals surface area contributed by atoms with Crippen LogP contribution in [-0.2, 0) is 9.36 Å². The number of carboxylic acid groups (broad SMARTS) is 1. The first kappa shape index (κ1) is 11.6. The normalized spacial score (nSPS) is 17.0. The standard InChI is InChI=1S/C6H14NO4P/c1-6(2,3)12(10,11)7-4-5(8)9/h4H2,1-3H3,(H,8,9)(H2,7,10,11). The third kappa shape index (κ3) is 3.34. The molecule has 0 radical (unpaired) electrons. The highest BCUT2D eigenvalue weighted by Gasteiger charge is 2.34. The maximum absolute atomic E-state index is 11.3. The first-order chi connectivity index (χ1) is 5.17. The molecule has 0 aliphatic rings. The molecule has 0 amide bonds. The number of rotatable bonds is 3. The Morgan fingerprint density at radius 3 is 2.17 bits per heavy atom. The van der Waals surface area contributed by atoms with Crippen LogP contribution in [0.25, 0.3) is 0 Å². The molecule has 0 bridgehead atoms. The zero-order valence-corrected chi connectivity index (χ0v) is 8.26. The smallest absolute Gasteiger partial charge is 0.317 e. The van der Waals surface area contributed by atoms with E-state index < -0.39 is 25.2 Å². The molecule has 0 aliphatic heterocycles. The number of nitrogens with one attached hydrogen (secondary N) is 1. The quantitative estimate of drug-likeness (QED) is 0.575. The van der Waals surface area contributed by atoms with Crippen molar-refractivity contribution in [3.05, 3.63) is 0 Å². The predicted octanol–water partition coefficient (Wildman–Crippen LogP) is 0.645. The van der Waals surface area contributed by atoms with Gasteiger partial charge in [-0.1, -0.05) is 0 Å². The van der Waals surface area contributed by atoms with E-state index in [0.717, 1.165) is 0 Å². The lowest BCUT2D eigenvalue weighted by atomic mass is 10.3. The van der Waals surface area contributed by atoms with Crippen molar-refractivity contribution in [1.82, 2.24) is 5.09 Å². The van der Waals surface area contributed by atoms with E-state index >= 15 is 0 Å². The van der Waals surface area contributed by atoms with Crippen LogP contribution in [0.5, 0.6) is 0 Å². The second kappa shape index (κ2) is 3.56. The van der Waals surface area contributed by atoms with Crippen LogP contribution in [0.2, 0.25) is 0 Å². The number of carbonyl (C=O) groups is 1. The number of carboxylic acids is 1. The Labute approximate surface area is 71.3 Å². The summed E-state index contributed by atoms with van der Waals surface area (Å²) in [7, 11) is -3.56. The molecule has 1 atom stereocenters. The summed E-state index contributed by atoms with van der Waals surface area (Å²) >= 11 is 0. The summed E-state index contributed by atoms with van der Waals surface area (Å²) < 4.78 is 11.3. The van der Waals surface area contributed by atoms with E-state index in [9.17, 15) is 14.3 Å². The van der Waals surface area contributed by atoms with Gasteiger partial charge < -0.3 is 10.00 Å². The number of aliphatic carboxylic acids is 1. The Balaban J connectivity index is 4.25. The van der Waals surface area contributed by atoms with Gasteiger partial charge in [-0.2, -0.15) is 0 Å². The lowest BCUT2D eigenvalue weighted by Gasteiger charge is -2.25. The van der Waals surface area contributed by atoms with E-state index in [1.165, 1.54) is 0 Å². The molecule has 0 aromatic rings. The maximum Gasteiger partial charge on any atom is 0.317 e. The highest BCUT2D eigenvalue weighted by atomic mass is 31.2. The van der Waals surface area contributed by atoms with E-state index in [1.54, 1.807) is 20.8 Å². The Kier molecular flexibility index (Phi) is 3.45. The van der Waals surface area contributed by atoms with Crippen molar-refractivity contribution in [3.8, 4) is 0 Å². The fraction of sp³-hybridized carbons (Fsp3) is 0.833. The molecule has 0 fully saturated rings. The van der Waals surface area contributed by atoms with E-state index in [-0.39, 0.29) is 0 Å². The molecule has 0 rings (SSSR count). The second-order valence-corrected chi connectivity index (χ2v) is 6.29. The van der Waals surface area contributed by atoms with Crippen LogP contribution in [0.1, 0.15) is 20.8 Å². The Morgan fingerprint density at radius 2 is 1.92 bits per heavy atom. The Bertz CT molecular complexity index is 220. The van der Waals surface area contributed by atoms with Crippen LogP contribution in [0.4, 0.5) is 0 Å². The van der Waals surface area contributed by atoms with Gasteiger partial charge in [-0.15, -0.1) is 0 Å². The molecule has 0 aromatic heterocycles. The summed E-state index contributed by atoms with van der Waals surface area (Å²) in [6.45, 7) is 4.22. The van der Waals surface area contributed by atoms with Gasteiger partial charge in [0.05, 0.1) is 5.16 Å². The number of hydrogen-bond acceptors (Lipinski definition) is 2. The van der Waals surface area contributed by atoms with Crippen LogP contribution in [0.15, 0.2) is 0 Å². The molecule has 0 spiro atoms. The topological polar surface area (TPSA) is 86.6 Å². The highest BCUT2D eigenvalue weighted by Crippen LogP contribution is 2.49. The highest BCUT2D eigenvalue weighted by molar-refractivity contribution is 7.57. The first-order valence-corrected chi connectivity index (χ1v) is 5.12. The first-order valence-electron chi connectivity index (χ1n) is 3.46. The van der Waals surface area contributed by atoms with Crippen LogP contribution >= 0.6 is 7.52 Å². The predicted molar refractivity (Wildman–Crippen MR) is 45.2 cm³/mol. The number of hydrogen-bond donors (Lipinski definition) is 3. The van der Waals surface area contributed by atoms with Crippen LogP contribution in [0, 0.1) is 0 Å². The van der Waals surface area contributed by atoms with Crippen molar-refractivity contribution in [3.63, 3.8) is 0 Å². The fourth-order valence-electron chi connectivity index (χ4n) is 0.412. The van der Waals surface area contributed by atoms with Gasteiger partial charge in [-0.25, -0.2) is 5.09 Å². The van der Waals surface area contributed by atoms with Crippen molar-refractivity contribution in [2.75, 3.05) is 6.54 Å². The molecule has 12 heavy (non-hydrogen) atoms. The van der Waals surface area contributed by atoms with Gasteiger partial charge in [-0.3, -0.25) is 9.36 Å². The molecule has 3 N–H and O–H groups in total. The van der Waals surface area contributed by atoms with E-state index in [0.29, 0.717) is 0 Å². The van der Waals surface area contributed by atoms with Crippen molar-refractivity contribution in [2.45, 2.75) is 25.9 Å². The van der Waals surface area contributed by atoms with Gasteiger partial charge in [0.1, 0.15) is 6.54 Å². The van der Waals surface area contributed by atoms with Crippen LogP contribution in [-0.4, -0.2) is 27.7 Å². The Hall–Kier alpha value is -0.380. The van der Waals surface area contributed by atoms with E-state index in [1.807, 2.05) is 0 Å². The van der Waals surface area contributed by atoms with Crippen LogP contribution in [0.3, 0.4) is 0 Å². The van der Waals surface area contributed by atoms with Gasteiger partial charge in [0.25, 0.3) is 7.52 Å². The monoisotopic (exact) mass is 195 g/mol. The van der Waals surface area contributed by atoms with Gasteiger partial charge in [-0.05, 0) is 20.8 Å². The lowest BCUT2D eigenvalue weighted by molar-refractivity contribution is -0.135. The van der Waals surface area contributed by atoms with E-state index in [4.69, 9.17) is 5.11 Å². The fourth-order valence-corrected chi connectivity index (χ4v) is 1.24. The molecular weight excluding hydrogens is 181 g/mol. The third-order valence-corrected chi connectivity index (χ3v) is 3.76. The van der Waals surface area contributed by atoms with Crippen molar-refractivity contribution >= 4 is 13.5 Å². The zero-order valence-electron chi connectivity index (χ0n) is 7.37. The molecule has 0 saturated heterocycles. The minimum absolute atomic E-state index is 0.495. The Morgan fingerprint density at radius 1 is 1.50 bits per heavy atom. The van der Waals surface area contributed by atoms with Crippen molar-refractivity contribution < 1.29 is 19.4 Å². The summed E-state index contributed by atoms with van der Waals surface area (Å²) in [5.41, 5.74) is 0. The van der Waals surface area contributed by atoms with Crippen LogP contribution < -0.4 is 5.09 Å². The second-order valence-electron chi connectivity index (χ2n) is 3.48. The molecule has 1 unspecified atom stereocenters. The molecule has 0 aromatic carbocycles. The van der Waals surface area contributed by atoms with Gasteiger partial charge in [0.15, 0.2) is 0 Å². The summed E-state index contributed by atoms with van der Waals surface area (Å²) in [6, 6.07) is 0.